The number of hydrogen-bond acceptors (Lipinski definition) is 10. The Hall–Kier alpha value is -3.66. The molecule has 0 radical (unpaired) electrons. The van der Waals surface area contributed by atoms with Crippen molar-refractivity contribution < 1.29 is 13.5 Å². The van der Waals surface area contributed by atoms with E-state index in [0.29, 0.717) is 35.5 Å². The molecule has 12 heteroatoms. The minimum atomic E-state index is -0.663. The zero-order valence-corrected chi connectivity index (χ0v) is 24.5. The van der Waals surface area contributed by atoms with Gasteiger partial charge in [0.05, 0.1) is 22.3 Å². The number of hydrogen-bond donors (Lipinski definition) is 2. The molecule has 43 heavy (non-hydrogen) atoms. The Kier molecular flexibility index (Phi) is 6.40. The number of anilines is 2. The number of rotatable bonds is 7. The van der Waals surface area contributed by atoms with Crippen molar-refractivity contribution in [2.45, 2.75) is 50.6 Å². The Morgan fingerprint density at radius 3 is 2.63 bits per heavy atom. The summed E-state index contributed by atoms with van der Waals surface area (Å²) in [6, 6.07) is 5.61. The lowest BCUT2D eigenvalue weighted by Gasteiger charge is -2.34. The third-order valence-electron chi connectivity index (χ3n) is 9.57. The molecule has 0 spiro atoms. The largest absolute Gasteiger partial charge is 0.463 e. The van der Waals surface area contributed by atoms with Crippen LogP contribution in [0.15, 0.2) is 18.3 Å². The van der Waals surface area contributed by atoms with Gasteiger partial charge in [-0.15, -0.1) is 11.3 Å². The summed E-state index contributed by atoms with van der Waals surface area (Å²) in [6.45, 7) is 5.25. The van der Waals surface area contributed by atoms with Crippen LogP contribution in [0.4, 0.5) is 19.6 Å². The lowest BCUT2D eigenvalue weighted by molar-refractivity contribution is 0.170. The van der Waals surface area contributed by atoms with Gasteiger partial charge in [-0.3, -0.25) is 4.98 Å². The van der Waals surface area contributed by atoms with E-state index in [1.807, 2.05) is 0 Å². The quantitative estimate of drug-likeness (QED) is 0.307. The number of pyridine rings is 1. The number of thiophene rings is 1. The number of piperazine rings is 1. The van der Waals surface area contributed by atoms with Crippen molar-refractivity contribution in [2.24, 2.45) is 5.41 Å². The predicted molar refractivity (Wildman–Crippen MR) is 162 cm³/mol. The molecule has 3 aromatic heterocycles. The molecule has 222 valence electrons. The monoisotopic (exact) mass is 602 g/mol. The Morgan fingerprint density at radius 1 is 1.14 bits per heavy atom. The molecule has 3 saturated heterocycles. The number of fused-ring (bicyclic) bond motifs is 4. The molecular weight excluding hydrogens is 570 g/mol. The number of likely N-dealkylation sites (tertiary alicyclic amines) is 1. The fraction of sp³-hybridized carbons (Fsp3) is 0.484. The van der Waals surface area contributed by atoms with Crippen molar-refractivity contribution in [1.29, 1.82) is 5.26 Å². The van der Waals surface area contributed by atoms with E-state index in [4.69, 9.17) is 15.5 Å². The Labute approximate surface area is 251 Å². The molecule has 1 saturated carbocycles. The highest BCUT2D eigenvalue weighted by atomic mass is 32.1. The molecule has 8 rings (SSSR count). The summed E-state index contributed by atoms with van der Waals surface area (Å²) in [5.74, 6) is -0.568. The third-order valence-corrected chi connectivity index (χ3v) is 10.6. The van der Waals surface area contributed by atoms with Gasteiger partial charge in [0.25, 0.3) is 0 Å². The van der Waals surface area contributed by atoms with Gasteiger partial charge in [0.2, 0.25) is 0 Å². The van der Waals surface area contributed by atoms with Crippen LogP contribution in [0.3, 0.4) is 0 Å². The van der Waals surface area contributed by atoms with E-state index >= 15 is 4.39 Å². The molecule has 2 atom stereocenters. The molecule has 3 N–H and O–H groups in total. The standard InChI is InChI=1S/C31H32F2N8OS/c32-22-6-5-19(23-20(11-34)28(35)43-27(22)23)25-24(33)26-21(12-36-25)29(41-13-17-3-4-18(14-41)37-17)39-30(38-26)42-16-31(7-8-31)15-40-9-1-2-10-40/h5-6,12,17-18,37H,1-4,7-10,13-16,35H2. The molecular formula is C31H32F2N8OS. The number of aromatic nitrogens is 3. The van der Waals surface area contributed by atoms with Gasteiger partial charge >= 0.3 is 6.01 Å². The van der Waals surface area contributed by atoms with E-state index in [-0.39, 0.29) is 43.3 Å². The van der Waals surface area contributed by atoms with Crippen LogP contribution >= 0.6 is 11.3 Å². The van der Waals surface area contributed by atoms with Crippen LogP contribution in [0.1, 0.15) is 44.1 Å². The Morgan fingerprint density at radius 2 is 1.91 bits per heavy atom. The number of halogens is 2. The molecule has 6 heterocycles. The average molecular weight is 603 g/mol. The molecule has 9 nitrogen and oxygen atoms in total. The summed E-state index contributed by atoms with van der Waals surface area (Å²) >= 11 is 0.972. The normalized spacial score (nSPS) is 22.9. The molecule has 4 aromatic rings. The maximum atomic E-state index is 16.6. The summed E-state index contributed by atoms with van der Waals surface area (Å²) in [7, 11) is 0. The van der Waals surface area contributed by atoms with E-state index in [0.717, 1.165) is 69.7 Å². The van der Waals surface area contributed by atoms with E-state index in [9.17, 15) is 9.65 Å². The number of nitrogens with zero attached hydrogens (tertiary/aromatic N) is 6. The first-order valence-electron chi connectivity index (χ1n) is 15.0. The third kappa shape index (κ3) is 4.65. The first-order chi connectivity index (χ1) is 20.9. The van der Waals surface area contributed by atoms with Gasteiger partial charge in [-0.25, -0.2) is 8.78 Å². The first-order valence-corrected chi connectivity index (χ1v) is 15.9. The average Bonchev–Trinajstić information content (AvgIpc) is 3.27. The van der Waals surface area contributed by atoms with E-state index in [2.05, 4.69) is 31.2 Å². The van der Waals surface area contributed by atoms with E-state index in [1.54, 1.807) is 6.20 Å². The summed E-state index contributed by atoms with van der Waals surface area (Å²) in [5, 5.41) is 14.4. The van der Waals surface area contributed by atoms with Crippen molar-refractivity contribution in [3.8, 4) is 23.3 Å². The van der Waals surface area contributed by atoms with Gasteiger partial charge < -0.3 is 25.6 Å². The maximum absolute atomic E-state index is 16.6. The number of ether oxygens (including phenoxy) is 1. The predicted octanol–water partition coefficient (Wildman–Crippen LogP) is 4.83. The number of nitrogens with two attached hydrogens (primary N) is 1. The SMILES string of the molecule is N#Cc1c(N)sc2c(F)ccc(-c3ncc4c(N5CC6CCC(C5)N6)nc(OCC5(CN6CCCC6)CC5)nc4c3F)c12. The molecule has 4 fully saturated rings. The van der Waals surface area contributed by atoms with Crippen molar-refractivity contribution >= 4 is 43.1 Å². The van der Waals surface area contributed by atoms with Crippen LogP contribution in [0.2, 0.25) is 0 Å². The van der Waals surface area contributed by atoms with Crippen molar-refractivity contribution in [3.05, 3.63) is 35.5 Å². The van der Waals surface area contributed by atoms with Crippen molar-refractivity contribution in [1.82, 2.24) is 25.2 Å². The fourth-order valence-electron chi connectivity index (χ4n) is 7.14. The topological polar surface area (TPSA) is 116 Å². The second kappa shape index (κ2) is 10.2. The molecule has 1 aliphatic carbocycles. The van der Waals surface area contributed by atoms with Crippen LogP contribution in [-0.4, -0.2) is 71.3 Å². The second-order valence-electron chi connectivity index (χ2n) is 12.6. The summed E-state index contributed by atoms with van der Waals surface area (Å²) < 4.78 is 37.9. The number of nitriles is 1. The fourth-order valence-corrected chi connectivity index (χ4v) is 8.09. The highest BCUT2D eigenvalue weighted by molar-refractivity contribution is 7.23. The minimum Gasteiger partial charge on any atom is -0.463 e. The molecule has 1 aromatic carbocycles. The zero-order valence-electron chi connectivity index (χ0n) is 23.7. The van der Waals surface area contributed by atoms with Crippen LogP contribution in [0.5, 0.6) is 6.01 Å². The molecule has 3 aliphatic heterocycles. The minimum absolute atomic E-state index is 0.0181. The van der Waals surface area contributed by atoms with Gasteiger partial charge in [0, 0.05) is 54.3 Å². The van der Waals surface area contributed by atoms with Crippen LogP contribution in [-0.2, 0) is 0 Å². The molecule has 2 unspecified atom stereocenters. The highest BCUT2D eigenvalue weighted by Gasteiger charge is 2.45. The number of nitrogens with one attached hydrogen (secondary N) is 1. The number of nitrogen functional groups attached to an aromatic ring is 1. The van der Waals surface area contributed by atoms with Crippen LogP contribution < -0.4 is 20.7 Å². The summed E-state index contributed by atoms with van der Waals surface area (Å²) in [5.41, 5.74) is 6.63. The Bertz CT molecular complexity index is 1780. The lowest BCUT2D eigenvalue weighted by Crippen LogP contribution is -2.51. The maximum Gasteiger partial charge on any atom is 0.319 e. The highest BCUT2D eigenvalue weighted by Crippen LogP contribution is 2.47. The van der Waals surface area contributed by atoms with Crippen molar-refractivity contribution in [2.75, 3.05) is 50.0 Å². The molecule has 0 amide bonds. The van der Waals surface area contributed by atoms with Gasteiger partial charge in [-0.2, -0.15) is 15.2 Å². The van der Waals surface area contributed by atoms with Crippen molar-refractivity contribution in [3.63, 3.8) is 0 Å². The summed E-state index contributed by atoms with van der Waals surface area (Å²) in [4.78, 5) is 18.7. The molecule has 4 aliphatic rings. The smallest absolute Gasteiger partial charge is 0.319 e. The van der Waals surface area contributed by atoms with Crippen LogP contribution in [0, 0.1) is 28.4 Å². The number of benzene rings is 1. The lowest BCUT2D eigenvalue weighted by atomic mass is 10.0. The second-order valence-corrected chi connectivity index (χ2v) is 13.6. The Balaban J connectivity index is 1.22. The van der Waals surface area contributed by atoms with E-state index < -0.39 is 11.6 Å². The van der Waals surface area contributed by atoms with Gasteiger partial charge in [-0.1, -0.05) is 0 Å². The first kappa shape index (κ1) is 26.9. The van der Waals surface area contributed by atoms with Gasteiger partial charge in [0.15, 0.2) is 5.82 Å². The van der Waals surface area contributed by atoms with E-state index in [1.165, 1.54) is 25.0 Å². The van der Waals surface area contributed by atoms with Gasteiger partial charge in [0.1, 0.15) is 33.9 Å². The van der Waals surface area contributed by atoms with Gasteiger partial charge in [-0.05, 0) is 63.7 Å². The zero-order chi connectivity index (χ0) is 29.3. The summed E-state index contributed by atoms with van der Waals surface area (Å²) in [6.07, 6.45) is 8.45. The van der Waals surface area contributed by atoms with Crippen LogP contribution in [0.25, 0.3) is 32.2 Å². The molecule has 2 bridgehead atoms.